The summed E-state index contributed by atoms with van der Waals surface area (Å²) < 4.78 is 35.4. The van der Waals surface area contributed by atoms with Crippen molar-refractivity contribution in [3.8, 4) is 22.6 Å². The number of H-pyrrole nitrogens is 1. The first kappa shape index (κ1) is 19.2. The molecule has 4 rings (SSSR count). The van der Waals surface area contributed by atoms with E-state index in [0.29, 0.717) is 33.0 Å². The maximum absolute atomic E-state index is 12.4. The number of fused-ring (bicyclic) bond motifs is 3. The molecule has 0 aliphatic carbocycles. The summed E-state index contributed by atoms with van der Waals surface area (Å²) in [6, 6.07) is 4.97. The summed E-state index contributed by atoms with van der Waals surface area (Å²) in [5.41, 5.74) is 0.701. The van der Waals surface area contributed by atoms with Gasteiger partial charge in [0.25, 0.3) is 0 Å². The molecule has 0 unspecified atom stereocenters. The number of nitrogens with one attached hydrogen (secondary N) is 1. The Balaban J connectivity index is 2.14. The van der Waals surface area contributed by atoms with E-state index < -0.39 is 20.7 Å². The Labute approximate surface area is 169 Å². The van der Waals surface area contributed by atoms with Gasteiger partial charge in [0.1, 0.15) is 11.5 Å². The number of pyridine rings is 1. The molecule has 4 aromatic rings. The lowest BCUT2D eigenvalue weighted by molar-refractivity contribution is 0.395. The van der Waals surface area contributed by atoms with Crippen LogP contribution in [0.5, 0.6) is 11.5 Å². The minimum Gasteiger partial charge on any atom is -0.497 e. The van der Waals surface area contributed by atoms with E-state index in [4.69, 9.17) is 21.1 Å². The number of halogens is 1. The van der Waals surface area contributed by atoms with E-state index in [1.807, 2.05) is 0 Å². The van der Waals surface area contributed by atoms with E-state index >= 15 is 0 Å². The van der Waals surface area contributed by atoms with Gasteiger partial charge in [-0.25, -0.2) is 27.7 Å². The summed E-state index contributed by atoms with van der Waals surface area (Å²) >= 11 is 6.50. The molecule has 3 aromatic heterocycles. The van der Waals surface area contributed by atoms with E-state index in [9.17, 15) is 13.2 Å². The molecule has 0 saturated carbocycles. The van der Waals surface area contributed by atoms with E-state index in [0.717, 1.165) is 6.26 Å². The van der Waals surface area contributed by atoms with Crippen molar-refractivity contribution in [2.45, 2.75) is 5.16 Å². The lowest BCUT2D eigenvalue weighted by atomic mass is 10.0. The summed E-state index contributed by atoms with van der Waals surface area (Å²) in [7, 11) is -0.694. The minimum absolute atomic E-state index is 0.101. The number of nitrogens with zero attached hydrogens (tertiary/aromatic N) is 4. The highest BCUT2D eigenvalue weighted by Crippen LogP contribution is 2.40. The number of ether oxygens (including phenoxy) is 2. The van der Waals surface area contributed by atoms with Gasteiger partial charge in [0.15, 0.2) is 11.3 Å². The highest BCUT2D eigenvalue weighted by Gasteiger charge is 2.21. The zero-order chi connectivity index (χ0) is 20.9. The second-order valence-corrected chi connectivity index (χ2v) is 8.43. The zero-order valence-corrected chi connectivity index (χ0v) is 17.0. The Hall–Kier alpha value is -3.18. The molecule has 150 valence electrons. The lowest BCUT2D eigenvalue weighted by Gasteiger charge is -2.13. The van der Waals surface area contributed by atoms with Crippen molar-refractivity contribution in [2.24, 2.45) is 0 Å². The molecule has 0 amide bonds. The van der Waals surface area contributed by atoms with Gasteiger partial charge in [0.2, 0.25) is 15.0 Å². The van der Waals surface area contributed by atoms with Crippen LogP contribution in [0.2, 0.25) is 5.02 Å². The Bertz CT molecular complexity index is 1440. The number of aromatic amines is 1. The summed E-state index contributed by atoms with van der Waals surface area (Å²) in [4.78, 5) is 20.4. The molecule has 0 saturated heterocycles. The zero-order valence-electron chi connectivity index (χ0n) is 15.4. The summed E-state index contributed by atoms with van der Waals surface area (Å²) in [5.74, 6) is 0.863. The molecule has 0 aliphatic rings. The van der Waals surface area contributed by atoms with E-state index in [2.05, 4.69) is 20.2 Å². The first-order valence-electron chi connectivity index (χ1n) is 8.13. The van der Waals surface area contributed by atoms with E-state index in [1.165, 1.54) is 24.8 Å². The Kier molecular flexibility index (Phi) is 4.43. The fourth-order valence-corrected chi connectivity index (χ4v) is 3.74. The number of methoxy groups -OCH3 is 2. The van der Waals surface area contributed by atoms with Gasteiger partial charge in [-0.1, -0.05) is 11.6 Å². The topological polar surface area (TPSA) is 129 Å². The van der Waals surface area contributed by atoms with Crippen molar-refractivity contribution in [2.75, 3.05) is 20.5 Å². The molecule has 0 aliphatic heterocycles. The van der Waals surface area contributed by atoms with Gasteiger partial charge in [-0.3, -0.25) is 0 Å². The second kappa shape index (κ2) is 6.71. The Morgan fingerprint density at radius 2 is 1.86 bits per heavy atom. The van der Waals surface area contributed by atoms with Gasteiger partial charge in [0.05, 0.1) is 19.2 Å². The van der Waals surface area contributed by atoms with Crippen LogP contribution in [0.25, 0.3) is 27.8 Å². The molecule has 29 heavy (non-hydrogen) atoms. The summed E-state index contributed by atoms with van der Waals surface area (Å²) in [6.07, 6.45) is 2.31. The van der Waals surface area contributed by atoms with Gasteiger partial charge >= 0.3 is 5.69 Å². The predicted molar refractivity (Wildman–Crippen MR) is 106 cm³/mol. The molecule has 1 aromatic carbocycles. The number of hydrogen-bond acceptors (Lipinski definition) is 8. The normalized spacial score (nSPS) is 11.9. The van der Waals surface area contributed by atoms with Crippen LogP contribution >= 0.6 is 11.6 Å². The van der Waals surface area contributed by atoms with Crippen LogP contribution in [0, 0.1) is 0 Å². The molecule has 0 atom stereocenters. The molecule has 0 spiro atoms. The van der Waals surface area contributed by atoms with E-state index in [-0.39, 0.29) is 11.3 Å². The quantitative estimate of drug-likeness (QED) is 0.479. The number of benzene rings is 1. The summed E-state index contributed by atoms with van der Waals surface area (Å²) in [5, 5.41) is 6.73. The molecular weight excluding hydrogens is 422 g/mol. The molecule has 0 bridgehead atoms. The van der Waals surface area contributed by atoms with Crippen LogP contribution in [0.1, 0.15) is 0 Å². The fraction of sp³-hybridized carbons (Fsp3) is 0.176. The SMILES string of the molecule is COc1cc(OC)c(Cl)c(-c2cc3cnc(S(C)(=O)=O)nc3n3c(=O)[nH]nc23)c1. The van der Waals surface area contributed by atoms with E-state index in [1.54, 1.807) is 18.2 Å². The molecule has 12 heteroatoms. The van der Waals surface area contributed by atoms with Gasteiger partial charge in [-0.2, -0.15) is 10.1 Å². The molecule has 3 heterocycles. The molecular formula is C17H14ClN5O5S. The van der Waals surface area contributed by atoms with Gasteiger partial charge < -0.3 is 9.47 Å². The largest absolute Gasteiger partial charge is 0.497 e. The van der Waals surface area contributed by atoms with Crippen molar-refractivity contribution in [3.05, 3.63) is 39.9 Å². The van der Waals surface area contributed by atoms with Crippen molar-refractivity contribution in [1.29, 1.82) is 0 Å². The monoisotopic (exact) mass is 435 g/mol. The molecule has 1 N–H and O–H groups in total. The third-order valence-electron chi connectivity index (χ3n) is 4.29. The van der Waals surface area contributed by atoms with Gasteiger partial charge in [0, 0.05) is 35.0 Å². The Morgan fingerprint density at radius 1 is 1.10 bits per heavy atom. The van der Waals surface area contributed by atoms with Crippen LogP contribution in [-0.4, -0.2) is 53.5 Å². The van der Waals surface area contributed by atoms with Crippen LogP contribution in [-0.2, 0) is 9.84 Å². The van der Waals surface area contributed by atoms with Crippen LogP contribution in [0.4, 0.5) is 0 Å². The van der Waals surface area contributed by atoms with Crippen molar-refractivity contribution in [3.63, 3.8) is 0 Å². The average Bonchev–Trinajstić information content (AvgIpc) is 3.08. The summed E-state index contributed by atoms with van der Waals surface area (Å²) in [6.45, 7) is 0. The van der Waals surface area contributed by atoms with Gasteiger partial charge in [-0.15, -0.1) is 0 Å². The van der Waals surface area contributed by atoms with Crippen LogP contribution < -0.4 is 15.2 Å². The lowest BCUT2D eigenvalue weighted by Crippen LogP contribution is -2.13. The fourth-order valence-electron chi connectivity index (χ4n) is 2.95. The van der Waals surface area contributed by atoms with Crippen LogP contribution in [0.3, 0.4) is 0 Å². The van der Waals surface area contributed by atoms with Crippen molar-refractivity contribution < 1.29 is 17.9 Å². The highest BCUT2D eigenvalue weighted by atomic mass is 35.5. The van der Waals surface area contributed by atoms with Crippen LogP contribution in [0.15, 0.2) is 34.3 Å². The number of rotatable bonds is 4. The first-order chi connectivity index (χ1) is 13.7. The molecule has 10 nitrogen and oxygen atoms in total. The number of sulfone groups is 1. The molecule has 0 fully saturated rings. The standard InChI is InChI=1S/C17H14ClN5O5S/c1-27-9-5-10(13(18)12(6-9)28-2)11-4-8-7-19-16(29(3,25)26)20-14(8)23-15(11)21-22-17(23)24/h4-7H,1-3H3,(H,22,24). The van der Waals surface area contributed by atoms with Gasteiger partial charge in [-0.05, 0) is 12.1 Å². The van der Waals surface area contributed by atoms with Crippen molar-refractivity contribution >= 4 is 38.1 Å². The molecule has 0 radical (unpaired) electrons. The highest BCUT2D eigenvalue weighted by molar-refractivity contribution is 7.90. The maximum atomic E-state index is 12.4. The smallest absolute Gasteiger partial charge is 0.349 e. The average molecular weight is 436 g/mol. The minimum atomic E-state index is -3.67. The Morgan fingerprint density at radius 3 is 2.52 bits per heavy atom. The second-order valence-electron chi connectivity index (χ2n) is 6.14. The van der Waals surface area contributed by atoms with Crippen molar-refractivity contribution in [1.82, 2.24) is 24.6 Å². The first-order valence-corrected chi connectivity index (χ1v) is 10.4. The predicted octanol–water partition coefficient (Wildman–Crippen LogP) is 1.71. The number of aromatic nitrogens is 5. The number of hydrogen-bond donors (Lipinski definition) is 1. The third kappa shape index (κ3) is 3.08. The maximum Gasteiger partial charge on any atom is 0.349 e. The third-order valence-corrected chi connectivity index (χ3v) is 5.54.